The van der Waals surface area contributed by atoms with Gasteiger partial charge in [0.2, 0.25) is 0 Å². The smallest absolute Gasteiger partial charge is 0.252 e. The minimum atomic E-state index is -0.274. The van der Waals surface area contributed by atoms with E-state index in [1.54, 1.807) is 6.92 Å². The van der Waals surface area contributed by atoms with E-state index in [0.717, 1.165) is 5.69 Å². The summed E-state index contributed by atoms with van der Waals surface area (Å²) >= 11 is 4.98. The molecule has 1 rings (SSSR count). The molecule has 84 valence electrons. The van der Waals surface area contributed by atoms with Crippen LogP contribution in [0.4, 0.5) is 5.69 Å². The first kappa shape index (κ1) is 12.4. The minimum absolute atomic E-state index is 0.274. The summed E-state index contributed by atoms with van der Waals surface area (Å²) in [6, 6.07) is 7.72. The van der Waals surface area contributed by atoms with Gasteiger partial charge < -0.3 is 5.32 Å². The molecule has 0 unspecified atom stereocenters. The van der Waals surface area contributed by atoms with Gasteiger partial charge in [-0.25, -0.2) is 0 Å². The topological polar surface area (TPSA) is 41.1 Å². The second kappa shape index (κ2) is 5.42. The molecule has 0 atom stereocenters. The fourth-order valence-corrected chi connectivity index (χ4v) is 1.22. The van der Waals surface area contributed by atoms with Gasteiger partial charge in [-0.15, -0.1) is 0 Å². The molecule has 16 heavy (non-hydrogen) atoms. The van der Waals surface area contributed by atoms with Gasteiger partial charge in [0.05, 0.1) is 0 Å². The van der Waals surface area contributed by atoms with Gasteiger partial charge in [-0.2, -0.15) is 0 Å². The van der Waals surface area contributed by atoms with Crippen LogP contribution in [0.5, 0.6) is 0 Å². The summed E-state index contributed by atoms with van der Waals surface area (Å²) < 4.78 is 0. The lowest BCUT2D eigenvalue weighted by Crippen LogP contribution is -2.34. The average molecular weight is 234 g/mol. The SMILES string of the molecule is C=C(C)C(=O)NC(=S)Nc1ccc(C)cc1. The Labute approximate surface area is 101 Å². The number of carbonyl (C=O) groups is 1. The third-order valence-electron chi connectivity index (χ3n) is 1.92. The molecular weight excluding hydrogens is 220 g/mol. The summed E-state index contributed by atoms with van der Waals surface area (Å²) in [6.07, 6.45) is 0. The molecule has 1 amide bonds. The van der Waals surface area contributed by atoms with Crippen LogP contribution < -0.4 is 10.6 Å². The molecular formula is C12H14N2OS. The van der Waals surface area contributed by atoms with E-state index < -0.39 is 0 Å². The van der Waals surface area contributed by atoms with E-state index in [2.05, 4.69) is 17.2 Å². The highest BCUT2D eigenvalue weighted by atomic mass is 32.1. The van der Waals surface area contributed by atoms with Crippen molar-refractivity contribution < 1.29 is 4.79 Å². The van der Waals surface area contributed by atoms with Crippen molar-refractivity contribution in [1.82, 2.24) is 5.32 Å². The van der Waals surface area contributed by atoms with Gasteiger partial charge in [-0.3, -0.25) is 10.1 Å². The second-order valence-corrected chi connectivity index (χ2v) is 3.96. The molecule has 0 aliphatic heterocycles. The Hall–Kier alpha value is -1.68. The first-order valence-electron chi connectivity index (χ1n) is 4.83. The third-order valence-corrected chi connectivity index (χ3v) is 2.13. The zero-order valence-corrected chi connectivity index (χ0v) is 10.1. The maximum Gasteiger partial charge on any atom is 0.252 e. The molecule has 1 aromatic carbocycles. The van der Waals surface area contributed by atoms with Crippen molar-refractivity contribution in [2.24, 2.45) is 0 Å². The van der Waals surface area contributed by atoms with Crippen LogP contribution in [0.15, 0.2) is 36.4 Å². The van der Waals surface area contributed by atoms with E-state index in [1.165, 1.54) is 5.56 Å². The average Bonchev–Trinajstić information content (AvgIpc) is 2.21. The summed E-state index contributed by atoms with van der Waals surface area (Å²) in [5, 5.41) is 5.71. The zero-order chi connectivity index (χ0) is 12.1. The number of rotatable bonds is 2. The molecule has 0 aliphatic rings. The van der Waals surface area contributed by atoms with Crippen molar-refractivity contribution in [3.8, 4) is 0 Å². The van der Waals surface area contributed by atoms with Crippen molar-refractivity contribution in [2.75, 3.05) is 5.32 Å². The molecule has 0 aromatic heterocycles. The maximum absolute atomic E-state index is 11.3. The first-order chi connectivity index (χ1) is 7.49. The van der Waals surface area contributed by atoms with Crippen LogP contribution in [0.3, 0.4) is 0 Å². The number of hydrogen-bond acceptors (Lipinski definition) is 2. The molecule has 0 aliphatic carbocycles. The third kappa shape index (κ3) is 3.82. The van der Waals surface area contributed by atoms with Crippen LogP contribution in [0.25, 0.3) is 0 Å². The van der Waals surface area contributed by atoms with Gasteiger partial charge in [0.25, 0.3) is 5.91 Å². The van der Waals surface area contributed by atoms with Gasteiger partial charge in [0, 0.05) is 11.3 Å². The molecule has 0 saturated heterocycles. The molecule has 0 saturated carbocycles. The Kier molecular flexibility index (Phi) is 4.19. The number of anilines is 1. The van der Waals surface area contributed by atoms with Gasteiger partial charge in [0.15, 0.2) is 5.11 Å². The summed E-state index contributed by atoms with van der Waals surface area (Å²) in [6.45, 7) is 7.16. The fourth-order valence-electron chi connectivity index (χ4n) is 1.01. The van der Waals surface area contributed by atoms with Crippen molar-refractivity contribution in [3.05, 3.63) is 42.0 Å². The maximum atomic E-state index is 11.3. The lowest BCUT2D eigenvalue weighted by Gasteiger charge is -2.09. The highest BCUT2D eigenvalue weighted by Crippen LogP contribution is 2.08. The van der Waals surface area contributed by atoms with Gasteiger partial charge in [-0.1, -0.05) is 24.3 Å². The molecule has 0 spiro atoms. The lowest BCUT2D eigenvalue weighted by molar-refractivity contribution is -0.116. The summed E-state index contributed by atoms with van der Waals surface area (Å²) in [7, 11) is 0. The van der Waals surface area contributed by atoms with Crippen LogP contribution >= 0.6 is 12.2 Å². The number of thiocarbonyl (C=S) groups is 1. The Bertz CT molecular complexity index is 423. The standard InChI is InChI=1S/C12H14N2OS/c1-8(2)11(15)14-12(16)13-10-6-4-9(3)5-7-10/h4-7H,1H2,2-3H3,(H2,13,14,15,16). The molecule has 2 N–H and O–H groups in total. The van der Waals surface area contributed by atoms with E-state index in [4.69, 9.17) is 12.2 Å². The highest BCUT2D eigenvalue weighted by Gasteiger charge is 2.04. The second-order valence-electron chi connectivity index (χ2n) is 3.55. The number of nitrogens with one attached hydrogen (secondary N) is 2. The largest absolute Gasteiger partial charge is 0.332 e. The van der Waals surface area contributed by atoms with Crippen LogP contribution in [-0.2, 0) is 4.79 Å². The Morgan fingerprint density at radius 1 is 1.31 bits per heavy atom. The Morgan fingerprint density at radius 3 is 2.38 bits per heavy atom. The quantitative estimate of drug-likeness (QED) is 0.610. The number of amides is 1. The van der Waals surface area contributed by atoms with Crippen molar-refractivity contribution >= 4 is 28.9 Å². The molecule has 0 bridgehead atoms. The van der Waals surface area contributed by atoms with Gasteiger partial charge in [-0.05, 0) is 38.2 Å². The van der Waals surface area contributed by atoms with Crippen molar-refractivity contribution in [2.45, 2.75) is 13.8 Å². The molecule has 3 nitrogen and oxygen atoms in total. The molecule has 0 heterocycles. The van der Waals surface area contributed by atoms with Crippen LogP contribution in [0, 0.1) is 6.92 Å². The number of aryl methyl sites for hydroxylation is 1. The van der Waals surface area contributed by atoms with Gasteiger partial charge in [0.1, 0.15) is 0 Å². The van der Waals surface area contributed by atoms with Gasteiger partial charge >= 0.3 is 0 Å². The van der Waals surface area contributed by atoms with Crippen molar-refractivity contribution in [1.29, 1.82) is 0 Å². The lowest BCUT2D eigenvalue weighted by atomic mass is 10.2. The predicted octanol–water partition coefficient (Wildman–Crippen LogP) is 2.38. The van der Waals surface area contributed by atoms with E-state index in [1.807, 2.05) is 31.2 Å². The number of carbonyl (C=O) groups excluding carboxylic acids is 1. The fraction of sp³-hybridized carbons (Fsp3) is 0.167. The zero-order valence-electron chi connectivity index (χ0n) is 9.33. The van der Waals surface area contributed by atoms with E-state index in [9.17, 15) is 4.79 Å². The van der Waals surface area contributed by atoms with E-state index in [-0.39, 0.29) is 11.0 Å². The molecule has 4 heteroatoms. The summed E-state index contributed by atoms with van der Waals surface area (Å²) in [5.41, 5.74) is 2.44. The van der Waals surface area contributed by atoms with Crippen molar-refractivity contribution in [3.63, 3.8) is 0 Å². The number of benzene rings is 1. The minimum Gasteiger partial charge on any atom is -0.332 e. The summed E-state index contributed by atoms with van der Waals surface area (Å²) in [5.74, 6) is -0.274. The monoisotopic (exact) mass is 234 g/mol. The summed E-state index contributed by atoms with van der Waals surface area (Å²) in [4.78, 5) is 11.3. The van der Waals surface area contributed by atoms with Crippen LogP contribution in [0.1, 0.15) is 12.5 Å². The molecule has 1 aromatic rings. The number of hydrogen-bond donors (Lipinski definition) is 2. The van der Waals surface area contributed by atoms with Crippen LogP contribution in [0.2, 0.25) is 0 Å². The van der Waals surface area contributed by atoms with Crippen LogP contribution in [-0.4, -0.2) is 11.0 Å². The molecule has 0 fully saturated rings. The van der Waals surface area contributed by atoms with E-state index in [0.29, 0.717) is 5.57 Å². The molecule has 0 radical (unpaired) electrons. The van der Waals surface area contributed by atoms with E-state index >= 15 is 0 Å². The predicted molar refractivity (Wildman–Crippen MR) is 70.4 cm³/mol. The first-order valence-corrected chi connectivity index (χ1v) is 5.24. The Morgan fingerprint density at radius 2 is 1.88 bits per heavy atom. The highest BCUT2D eigenvalue weighted by molar-refractivity contribution is 7.80. The normalized spacial score (nSPS) is 9.38. The Balaban J connectivity index is 2.55.